The number of hydrogen-bond donors (Lipinski definition) is 14. The molecule has 118 heavy (non-hydrogen) atoms. The minimum atomic E-state index is -3.92. The van der Waals surface area contributed by atoms with Gasteiger partial charge >= 0.3 is 21.3 Å². The average molecular weight is 1720 g/mol. The van der Waals surface area contributed by atoms with Crippen molar-refractivity contribution in [3.05, 3.63) is 79.1 Å². The molecule has 48 nitrogen and oxygen atoms in total. The Labute approximate surface area is 661 Å². The highest BCUT2D eigenvalue weighted by molar-refractivity contribution is 7.48. The lowest BCUT2D eigenvalue weighted by molar-refractivity contribution is -0.0950. The van der Waals surface area contributed by atoms with Crippen molar-refractivity contribution in [2.45, 2.75) is 209 Å². The van der Waals surface area contributed by atoms with Gasteiger partial charge in [0.2, 0.25) is 35.6 Å². The van der Waals surface area contributed by atoms with Crippen molar-refractivity contribution in [2.24, 2.45) is 0 Å². The second-order valence-electron chi connectivity index (χ2n) is 29.0. The van der Waals surface area contributed by atoms with E-state index in [1.54, 1.807) is 41.5 Å². The van der Waals surface area contributed by atoms with Crippen LogP contribution in [0.3, 0.4) is 0 Å². The molecule has 7 aliphatic rings. The summed E-state index contributed by atoms with van der Waals surface area (Å²) in [4.78, 5) is 93.3. The second kappa shape index (κ2) is 33.4. The number of aromatic nitrogens is 18. The number of nitrogens with one attached hydrogen (secondary N) is 3. The number of phosphoric acid groups is 2. The number of ether oxygens (including phenoxy) is 7. The van der Waals surface area contributed by atoms with Gasteiger partial charge in [-0.25, -0.2) is 51.4 Å². The van der Waals surface area contributed by atoms with E-state index in [1.165, 1.54) is 71.3 Å². The van der Waals surface area contributed by atoms with Crippen molar-refractivity contribution >= 4 is 84.1 Å². The number of H-pyrrole nitrogens is 3. The average Bonchev–Trinajstić information content (AvgIpc) is 1.59. The summed E-state index contributed by atoms with van der Waals surface area (Å²) in [7, 11) is -7.83. The molecule has 0 radical (unpaired) electrons. The Kier molecular flexibility index (Phi) is 24.9. The van der Waals surface area contributed by atoms with Gasteiger partial charge in [-0.2, -0.15) is 29.9 Å². The van der Waals surface area contributed by atoms with Crippen LogP contribution >= 0.6 is 15.6 Å². The summed E-state index contributed by atoms with van der Waals surface area (Å²) in [6, 6.07) is 1.08. The summed E-state index contributed by atoms with van der Waals surface area (Å²) in [5, 5.41) is 67.7. The summed E-state index contributed by atoms with van der Waals surface area (Å²) >= 11 is 0. The zero-order valence-electron chi connectivity index (χ0n) is 64.5. The van der Waals surface area contributed by atoms with E-state index in [1.807, 2.05) is 4.98 Å². The molecule has 7 saturated heterocycles. The SMILES string of the molecule is CC(C)OP1(=O)OC[C@H]2O[C@@H](n3ccc(=O)[nH]c3=O)C(C)(F)[C@H]2O1.CC1(F)[C@@H](O)[C@@H](CO)O[C@H]1n1cnc2c(=O)[nH]c(N)nc21.CC1(O)[C@@H](O)[C@@H](CO)O[C@H]1n1cnc2c(=O)[nH]c(N)nc21.CCOc1nc(N)nc2c1ncn2[C@@H]1O[C@@H]2COP(=O)(OC(C)C)O[C@@H]2C1(C)F.CCOc1nc(N)nc2c1ncn2[C@@H]1O[C@H](CO)[C@H](O)C1(C)F. The fourth-order valence-corrected chi connectivity index (χ4v) is 17.2. The maximum absolute atomic E-state index is 15.9. The van der Waals surface area contributed by atoms with Gasteiger partial charge in [0.25, 0.3) is 16.7 Å². The number of hydrogen-bond acceptors (Lipinski definition) is 40. The molecule has 7 aliphatic heterocycles. The van der Waals surface area contributed by atoms with Crippen LogP contribution in [0.1, 0.15) is 107 Å². The number of anilines is 4. The quantitative estimate of drug-likeness (QED) is 0.0435. The minimum Gasteiger partial charge on any atom is -0.476 e. The van der Waals surface area contributed by atoms with E-state index in [0.29, 0.717) is 24.2 Å². The van der Waals surface area contributed by atoms with Crippen LogP contribution in [0.15, 0.2) is 56.8 Å². The highest BCUT2D eigenvalue weighted by atomic mass is 31.2. The van der Waals surface area contributed by atoms with Crippen molar-refractivity contribution in [1.29, 1.82) is 0 Å². The van der Waals surface area contributed by atoms with Crippen molar-refractivity contribution in [3.63, 3.8) is 0 Å². The van der Waals surface area contributed by atoms with Crippen molar-refractivity contribution in [3.8, 4) is 11.8 Å². The number of nitrogens with zero attached hydrogens (tertiary/aromatic N) is 15. The zero-order valence-corrected chi connectivity index (χ0v) is 66.3. The number of aliphatic hydroxyl groups excluding tert-OH is 6. The molecule has 0 aromatic carbocycles. The molecule has 0 aliphatic carbocycles. The van der Waals surface area contributed by atoms with Crippen LogP contribution in [0.4, 0.5) is 41.4 Å². The monoisotopic (exact) mass is 1720 g/mol. The van der Waals surface area contributed by atoms with Crippen molar-refractivity contribution in [1.82, 2.24) is 87.6 Å². The fraction of sp³-hybridized carbons (Fsp3) is 0.625. The summed E-state index contributed by atoms with van der Waals surface area (Å²) in [5.74, 6) is 0.0255. The lowest BCUT2D eigenvalue weighted by Gasteiger charge is -2.34. The van der Waals surface area contributed by atoms with Crippen molar-refractivity contribution < 1.29 is 123 Å². The second-order valence-corrected chi connectivity index (χ2v) is 32.2. The third kappa shape index (κ3) is 16.6. The standard InChI is InChI=1S/C16H23FN5O6P.C13H18FN5O4.C13H18FN2O7P.C11H14FN5O4.C11H15N5O5/c1-5-24-13-10-12(20-15(18)21-13)22(7-19-10)14-16(4,17)11-9(26-14)6-25-29(23,28-11)27-8(2)3;1-3-22-10-7-9(17-12(15)18-10)19(5-16-7)11-13(2,14)8(21)6(4-20)23-11;1-7(2)22-24(19)20-6-8-10(23-24)13(3,14)11(21-8)16-5-4-9(17)15-12(16)18;1-11(12)6(19)4(2-18)21-9(11)17-3-14-5-7(17)15-10(13)16-8(5)20;1-11(20)6(18)4(2-17)21-9(11)16-3-13-5-7(16)14-10(12)15-8(5)19/h7-9,11,14H,5-6H2,1-4H3,(H2,18,20,21);5-6,8,11,20-21H,3-4H2,1-2H3,(H2,15,17,18);4-5,7-8,10-11H,6H2,1-3H3,(H,15,17,18);3-4,6,9,18-19H,2H2,1H3,(H3,13,15,16,20);3-4,6,9,17-18,20H,2H2,1H3,(H3,12,14,15,19)/t9-,11+,14-,16?,29?;6-,8+,11-,13?;8-,10+,11-,13?,24?;2*4-,6+,9-,11?/m11111/s1. The topological polar surface area (TPSA) is 669 Å². The molecule has 0 amide bonds. The summed E-state index contributed by atoms with van der Waals surface area (Å²) in [6.07, 6.45) is -12.2. The first-order valence-electron chi connectivity index (χ1n) is 36.2. The number of nitrogens with two attached hydrogens (primary N) is 4. The predicted molar refractivity (Wildman–Crippen MR) is 395 cm³/mol. The van der Waals surface area contributed by atoms with Gasteiger partial charge in [0, 0.05) is 12.3 Å². The Balaban J connectivity index is 0.000000136. The Bertz CT molecular complexity index is 5370. The summed E-state index contributed by atoms with van der Waals surface area (Å²) in [5.41, 5.74) is 10.8. The number of imidazole rings is 4. The number of rotatable bonds is 16. The largest absolute Gasteiger partial charge is 0.476 e. The number of alkyl halides is 4. The molecular formula is C64H88F4N22O26P2. The highest BCUT2D eigenvalue weighted by Crippen LogP contribution is 2.62. The van der Waals surface area contributed by atoms with E-state index >= 15 is 8.78 Å². The molecule has 9 aromatic rings. The third-order valence-corrected chi connectivity index (χ3v) is 22.7. The molecule has 0 spiro atoms. The molecule has 16 rings (SSSR count). The maximum Gasteiger partial charge on any atom is 0.475 e. The Hall–Kier alpha value is -9.26. The fourth-order valence-electron chi connectivity index (χ4n) is 13.9. The molecular weight excluding hydrogens is 1630 g/mol. The van der Waals surface area contributed by atoms with Crippen LogP contribution in [0, 0.1) is 0 Å². The van der Waals surface area contributed by atoms with Gasteiger partial charge in [0.05, 0.1) is 83.8 Å². The zero-order chi connectivity index (χ0) is 86.2. The Morgan fingerprint density at radius 1 is 0.508 bits per heavy atom. The van der Waals surface area contributed by atoms with E-state index in [0.717, 1.165) is 23.8 Å². The van der Waals surface area contributed by atoms with Crippen LogP contribution in [0.2, 0.25) is 0 Å². The number of nitrogen functional groups attached to an aromatic ring is 4. The van der Waals surface area contributed by atoms with E-state index in [-0.39, 0.29) is 82.4 Å². The highest BCUT2D eigenvalue weighted by Gasteiger charge is 2.64. The van der Waals surface area contributed by atoms with E-state index in [9.17, 15) is 67.7 Å². The van der Waals surface area contributed by atoms with Crippen molar-refractivity contribution in [2.75, 3.05) is 69.2 Å². The molecule has 16 heterocycles. The Morgan fingerprint density at radius 3 is 1.21 bits per heavy atom. The predicted octanol–water partition coefficient (Wildman–Crippen LogP) is -0.338. The van der Waals surface area contributed by atoms with Gasteiger partial charge in [-0.3, -0.25) is 79.3 Å². The number of phosphoric ester groups is 2. The third-order valence-electron chi connectivity index (χ3n) is 19.4. The number of fused-ring (bicyclic) bond motifs is 6. The summed E-state index contributed by atoms with van der Waals surface area (Å²) in [6.45, 7) is 15.2. The summed E-state index contributed by atoms with van der Waals surface area (Å²) < 4.78 is 162. The minimum absolute atomic E-state index is 0.0226. The molecule has 54 heteroatoms. The smallest absolute Gasteiger partial charge is 0.475 e. The van der Waals surface area contributed by atoms with Crippen LogP contribution in [-0.2, 0) is 60.0 Å². The molecule has 22 atom stereocenters. The molecule has 648 valence electrons. The van der Waals surface area contributed by atoms with Crippen LogP contribution in [0.5, 0.6) is 11.8 Å². The lowest BCUT2D eigenvalue weighted by Crippen LogP contribution is -2.46. The number of halogens is 4. The van der Waals surface area contributed by atoms with Gasteiger partial charge in [-0.15, -0.1) is 0 Å². The van der Waals surface area contributed by atoms with Gasteiger partial charge in [0.1, 0.15) is 66.6 Å². The number of aliphatic hydroxyl groups is 7. The lowest BCUT2D eigenvalue weighted by atomic mass is 9.96. The Morgan fingerprint density at radius 2 is 0.856 bits per heavy atom. The molecule has 0 saturated carbocycles. The van der Waals surface area contributed by atoms with Crippen LogP contribution in [0.25, 0.3) is 44.7 Å². The first kappa shape index (κ1) is 88.0. The van der Waals surface area contributed by atoms with Crippen LogP contribution in [-0.4, -0.2) is 271 Å². The normalized spacial score (nSPS) is 34.2. The van der Waals surface area contributed by atoms with E-state index in [2.05, 4.69) is 59.8 Å². The molecule has 7 fully saturated rings. The first-order chi connectivity index (χ1) is 55.4. The van der Waals surface area contributed by atoms with Crippen LogP contribution < -0.4 is 54.8 Å². The number of aromatic amines is 3. The van der Waals surface area contributed by atoms with Gasteiger partial charge in [-0.05, 0) is 76.2 Å². The van der Waals surface area contributed by atoms with E-state index < -0.39 is 190 Å². The maximum atomic E-state index is 15.9. The van der Waals surface area contributed by atoms with Gasteiger partial charge in [0.15, 0.2) is 98.5 Å². The van der Waals surface area contributed by atoms with E-state index in [4.69, 9.17) is 88.3 Å². The van der Waals surface area contributed by atoms with Gasteiger partial charge in [-0.1, -0.05) is 0 Å². The molecule has 18 N–H and O–H groups in total. The van der Waals surface area contributed by atoms with Gasteiger partial charge < -0.3 is 91.8 Å². The molecule has 0 bridgehead atoms. The molecule has 7 unspecified atom stereocenters. The first-order valence-corrected chi connectivity index (χ1v) is 39.2. The molecule has 9 aromatic heterocycles.